The zero-order valence-electron chi connectivity index (χ0n) is 14.6. The number of hydrogen-bond donors (Lipinski definition) is 2. The van der Waals surface area contributed by atoms with Crippen LogP contribution in [0.15, 0.2) is 54.9 Å². The molecule has 2 aromatic carbocycles. The molecule has 3 aromatic rings. The van der Waals surface area contributed by atoms with Gasteiger partial charge in [0.15, 0.2) is 0 Å². The van der Waals surface area contributed by atoms with Gasteiger partial charge in [-0.3, -0.25) is 0 Å². The van der Waals surface area contributed by atoms with Crippen molar-refractivity contribution in [2.75, 3.05) is 19.7 Å². The van der Waals surface area contributed by atoms with Crippen LogP contribution >= 0.6 is 0 Å². The summed E-state index contributed by atoms with van der Waals surface area (Å²) in [4.78, 5) is 4.39. The maximum absolute atomic E-state index is 10.0. The van der Waals surface area contributed by atoms with Crippen molar-refractivity contribution in [3.8, 4) is 5.75 Å². The van der Waals surface area contributed by atoms with Crippen LogP contribution in [0, 0.1) is 6.92 Å². The van der Waals surface area contributed by atoms with Crippen LogP contribution in [0.1, 0.15) is 12.0 Å². The Hall–Kier alpha value is -2.37. The van der Waals surface area contributed by atoms with E-state index in [2.05, 4.69) is 20.9 Å². The van der Waals surface area contributed by atoms with Crippen molar-refractivity contribution >= 4 is 11.0 Å². The van der Waals surface area contributed by atoms with E-state index >= 15 is 0 Å². The summed E-state index contributed by atoms with van der Waals surface area (Å²) < 4.78 is 7.82. The van der Waals surface area contributed by atoms with Gasteiger partial charge < -0.3 is 19.7 Å². The van der Waals surface area contributed by atoms with Crippen LogP contribution in [0.5, 0.6) is 5.75 Å². The zero-order chi connectivity index (χ0) is 17.5. The molecule has 3 rings (SSSR count). The molecule has 5 heteroatoms. The molecule has 5 nitrogen and oxygen atoms in total. The summed E-state index contributed by atoms with van der Waals surface area (Å²) >= 11 is 0. The van der Waals surface area contributed by atoms with Gasteiger partial charge in [-0.05, 0) is 43.7 Å². The van der Waals surface area contributed by atoms with Gasteiger partial charge in [0.25, 0.3) is 0 Å². The van der Waals surface area contributed by atoms with Crippen molar-refractivity contribution in [3.05, 3.63) is 60.4 Å². The zero-order valence-corrected chi connectivity index (χ0v) is 14.6. The molecule has 0 saturated heterocycles. The summed E-state index contributed by atoms with van der Waals surface area (Å²) in [5.41, 5.74) is 3.27. The van der Waals surface area contributed by atoms with Gasteiger partial charge in [-0.25, -0.2) is 4.98 Å². The molecule has 0 saturated carbocycles. The van der Waals surface area contributed by atoms with E-state index in [9.17, 15) is 5.11 Å². The molecule has 1 unspecified atom stereocenters. The second-order valence-corrected chi connectivity index (χ2v) is 6.21. The average Bonchev–Trinajstić information content (AvgIpc) is 3.04. The number of rotatable bonds is 9. The summed E-state index contributed by atoms with van der Waals surface area (Å²) in [6, 6.07) is 16.0. The van der Waals surface area contributed by atoms with Gasteiger partial charge in [0.1, 0.15) is 18.5 Å². The maximum Gasteiger partial charge on any atom is 0.122 e. The lowest BCUT2D eigenvalue weighted by atomic mass is 10.2. The van der Waals surface area contributed by atoms with Gasteiger partial charge in [-0.15, -0.1) is 0 Å². The molecule has 1 atom stereocenters. The van der Waals surface area contributed by atoms with E-state index in [1.165, 1.54) is 0 Å². The van der Waals surface area contributed by atoms with Crippen molar-refractivity contribution in [3.63, 3.8) is 0 Å². The number of hydrogen-bond acceptors (Lipinski definition) is 4. The number of aliphatic hydroxyl groups is 1. The Kier molecular flexibility index (Phi) is 6.04. The molecule has 132 valence electrons. The fraction of sp³-hybridized carbons (Fsp3) is 0.350. The quantitative estimate of drug-likeness (QED) is 0.589. The summed E-state index contributed by atoms with van der Waals surface area (Å²) in [5, 5.41) is 13.3. The second kappa shape index (κ2) is 8.65. The predicted molar refractivity (Wildman–Crippen MR) is 99.9 cm³/mol. The lowest BCUT2D eigenvalue weighted by Crippen LogP contribution is -2.32. The average molecular weight is 339 g/mol. The summed E-state index contributed by atoms with van der Waals surface area (Å²) in [6.45, 7) is 4.57. The van der Waals surface area contributed by atoms with Gasteiger partial charge in [0.05, 0.1) is 17.4 Å². The molecule has 0 aliphatic heterocycles. The van der Waals surface area contributed by atoms with Crippen LogP contribution in [-0.4, -0.2) is 40.5 Å². The highest BCUT2D eigenvalue weighted by molar-refractivity contribution is 5.74. The van der Waals surface area contributed by atoms with E-state index in [4.69, 9.17) is 4.74 Å². The minimum Gasteiger partial charge on any atom is -0.491 e. The lowest BCUT2D eigenvalue weighted by molar-refractivity contribution is 0.106. The standard InChI is InChI=1S/C20H25N3O2/c1-16-7-2-5-10-20(16)25-14-17(24)13-21-11-6-12-23-15-22-18-8-3-4-9-19(18)23/h2-5,7-10,15,17,21,24H,6,11-14H2,1H3. The first-order valence-corrected chi connectivity index (χ1v) is 8.71. The number of nitrogens with one attached hydrogen (secondary N) is 1. The molecular weight excluding hydrogens is 314 g/mol. The first-order chi connectivity index (χ1) is 12.2. The highest BCUT2D eigenvalue weighted by Crippen LogP contribution is 2.16. The molecule has 0 radical (unpaired) electrons. The number of para-hydroxylation sites is 3. The summed E-state index contributed by atoms with van der Waals surface area (Å²) in [6.07, 6.45) is 2.34. The van der Waals surface area contributed by atoms with Crippen LogP contribution in [0.2, 0.25) is 0 Å². The monoisotopic (exact) mass is 339 g/mol. The third kappa shape index (κ3) is 4.81. The Balaban J connectivity index is 1.33. The van der Waals surface area contributed by atoms with Crippen molar-refractivity contribution in [2.45, 2.75) is 26.0 Å². The SMILES string of the molecule is Cc1ccccc1OCC(O)CNCCCn1cnc2ccccc21. The molecule has 25 heavy (non-hydrogen) atoms. The highest BCUT2D eigenvalue weighted by Gasteiger charge is 2.06. The van der Waals surface area contributed by atoms with Crippen LogP contribution in [-0.2, 0) is 6.54 Å². The Bertz CT molecular complexity index is 800. The third-order valence-corrected chi connectivity index (χ3v) is 4.18. The smallest absolute Gasteiger partial charge is 0.122 e. The normalized spacial score (nSPS) is 12.4. The van der Waals surface area contributed by atoms with E-state index in [-0.39, 0.29) is 0 Å². The number of imidazole rings is 1. The Morgan fingerprint density at radius 1 is 1.16 bits per heavy atom. The van der Waals surface area contributed by atoms with Gasteiger partial charge in [-0.2, -0.15) is 0 Å². The molecule has 1 heterocycles. The number of benzene rings is 2. The van der Waals surface area contributed by atoms with Gasteiger partial charge in [-0.1, -0.05) is 30.3 Å². The number of aromatic nitrogens is 2. The Labute approximate surface area is 148 Å². The molecule has 0 bridgehead atoms. The largest absolute Gasteiger partial charge is 0.491 e. The van der Waals surface area contributed by atoms with Gasteiger partial charge in [0.2, 0.25) is 0 Å². The molecular formula is C20H25N3O2. The molecule has 0 fully saturated rings. The van der Waals surface area contributed by atoms with Crippen LogP contribution in [0.4, 0.5) is 0 Å². The van der Waals surface area contributed by atoms with Gasteiger partial charge >= 0.3 is 0 Å². The minimum atomic E-state index is -0.520. The van der Waals surface area contributed by atoms with Crippen LogP contribution < -0.4 is 10.1 Å². The first kappa shape index (κ1) is 17.5. The topological polar surface area (TPSA) is 59.3 Å². The molecule has 1 aromatic heterocycles. The number of aliphatic hydroxyl groups excluding tert-OH is 1. The summed E-state index contributed by atoms with van der Waals surface area (Å²) in [5.74, 6) is 0.827. The number of fused-ring (bicyclic) bond motifs is 1. The summed E-state index contributed by atoms with van der Waals surface area (Å²) in [7, 11) is 0. The number of aryl methyl sites for hydroxylation is 2. The Morgan fingerprint density at radius 2 is 1.96 bits per heavy atom. The second-order valence-electron chi connectivity index (χ2n) is 6.21. The van der Waals surface area contributed by atoms with Crippen molar-refractivity contribution in [2.24, 2.45) is 0 Å². The maximum atomic E-state index is 10.0. The van der Waals surface area contributed by atoms with Crippen molar-refractivity contribution < 1.29 is 9.84 Å². The first-order valence-electron chi connectivity index (χ1n) is 8.71. The lowest BCUT2D eigenvalue weighted by Gasteiger charge is -2.14. The fourth-order valence-corrected chi connectivity index (χ4v) is 2.79. The molecule has 0 aliphatic carbocycles. The highest BCUT2D eigenvalue weighted by atomic mass is 16.5. The molecule has 0 amide bonds. The number of nitrogens with zero attached hydrogens (tertiary/aromatic N) is 2. The third-order valence-electron chi connectivity index (χ3n) is 4.18. The van der Waals surface area contributed by atoms with E-state index < -0.39 is 6.10 Å². The molecule has 0 spiro atoms. The molecule has 2 N–H and O–H groups in total. The Morgan fingerprint density at radius 3 is 2.84 bits per heavy atom. The van der Waals surface area contributed by atoms with Crippen LogP contribution in [0.3, 0.4) is 0 Å². The fourth-order valence-electron chi connectivity index (χ4n) is 2.79. The van der Waals surface area contributed by atoms with E-state index in [1.807, 2.05) is 55.7 Å². The van der Waals surface area contributed by atoms with Crippen molar-refractivity contribution in [1.29, 1.82) is 0 Å². The van der Waals surface area contributed by atoms with E-state index in [1.54, 1.807) is 0 Å². The molecule has 0 aliphatic rings. The van der Waals surface area contributed by atoms with E-state index in [0.29, 0.717) is 13.2 Å². The van der Waals surface area contributed by atoms with Gasteiger partial charge in [0, 0.05) is 13.1 Å². The minimum absolute atomic E-state index is 0.296. The predicted octanol–water partition coefficient (Wildman–Crippen LogP) is 2.76. The van der Waals surface area contributed by atoms with Crippen LogP contribution in [0.25, 0.3) is 11.0 Å². The van der Waals surface area contributed by atoms with Crippen molar-refractivity contribution in [1.82, 2.24) is 14.9 Å². The van der Waals surface area contributed by atoms with E-state index in [0.717, 1.165) is 41.9 Å². The number of ether oxygens (including phenoxy) is 1.